The lowest BCUT2D eigenvalue weighted by Crippen LogP contribution is -2.48. The number of hydrogen-bond acceptors (Lipinski definition) is 7. The smallest absolute Gasteiger partial charge is 0.246 e. The molecule has 0 N–H and O–H groups in total. The molecule has 1 amide bonds. The van der Waals surface area contributed by atoms with E-state index in [1.807, 2.05) is 19.1 Å². The molecule has 36 heavy (non-hydrogen) atoms. The first-order chi connectivity index (χ1) is 17.3. The van der Waals surface area contributed by atoms with Crippen LogP contribution in [0.3, 0.4) is 0 Å². The molecule has 2 aliphatic heterocycles. The highest BCUT2D eigenvalue weighted by Gasteiger charge is 2.31. The molecule has 2 aromatic rings. The molecule has 0 atom stereocenters. The van der Waals surface area contributed by atoms with Gasteiger partial charge in [-0.2, -0.15) is 4.31 Å². The van der Waals surface area contributed by atoms with E-state index in [1.54, 1.807) is 56.6 Å². The van der Waals surface area contributed by atoms with Gasteiger partial charge >= 0.3 is 0 Å². The summed E-state index contributed by atoms with van der Waals surface area (Å²) in [6.45, 7) is 4.72. The molecule has 0 saturated carbocycles. The maximum absolute atomic E-state index is 13.7. The fraction of sp³-hybridized carbons (Fsp3) is 0.423. The Bertz CT molecular complexity index is 1250. The monoisotopic (exact) mass is 515 g/mol. The number of amides is 1. The first-order valence-electron chi connectivity index (χ1n) is 11.9. The third-order valence-electron chi connectivity index (χ3n) is 6.71. The van der Waals surface area contributed by atoms with Crippen molar-refractivity contribution in [1.29, 1.82) is 0 Å². The van der Waals surface area contributed by atoms with Crippen molar-refractivity contribution in [2.45, 2.75) is 24.8 Å². The Labute approximate surface area is 212 Å². The molecular weight excluding hydrogens is 482 g/mol. The van der Waals surface area contributed by atoms with Crippen molar-refractivity contribution in [3.05, 3.63) is 53.6 Å². The van der Waals surface area contributed by atoms with Gasteiger partial charge in [0.05, 0.1) is 31.9 Å². The Morgan fingerprint density at radius 3 is 2.11 bits per heavy atom. The highest BCUT2D eigenvalue weighted by atomic mass is 32.2. The molecule has 10 heteroatoms. The highest BCUT2D eigenvalue weighted by Crippen LogP contribution is 2.36. The molecule has 0 aromatic heterocycles. The van der Waals surface area contributed by atoms with E-state index < -0.39 is 10.0 Å². The number of fused-ring (bicyclic) bond motifs is 1. The molecule has 2 heterocycles. The van der Waals surface area contributed by atoms with Crippen LogP contribution in [0, 0.1) is 0 Å². The third-order valence-corrected chi connectivity index (χ3v) is 8.55. The molecule has 0 unspecified atom stereocenters. The molecule has 0 radical (unpaired) electrons. The summed E-state index contributed by atoms with van der Waals surface area (Å²) in [5.41, 5.74) is 2.67. The Hall–Kier alpha value is -3.24. The molecule has 4 rings (SSSR count). The van der Waals surface area contributed by atoms with E-state index in [0.29, 0.717) is 62.1 Å². The van der Waals surface area contributed by atoms with Gasteiger partial charge in [-0.3, -0.25) is 4.79 Å². The lowest BCUT2D eigenvalue weighted by molar-refractivity contribution is -0.126. The number of rotatable bonds is 7. The van der Waals surface area contributed by atoms with Crippen molar-refractivity contribution in [3.63, 3.8) is 0 Å². The third kappa shape index (κ3) is 5.01. The average molecular weight is 516 g/mol. The van der Waals surface area contributed by atoms with E-state index in [1.165, 1.54) is 4.31 Å². The summed E-state index contributed by atoms with van der Waals surface area (Å²) in [5.74, 6) is 1.80. The number of sulfonamides is 1. The van der Waals surface area contributed by atoms with Crippen LogP contribution in [0.15, 0.2) is 47.4 Å². The highest BCUT2D eigenvalue weighted by molar-refractivity contribution is 7.89. The van der Waals surface area contributed by atoms with Crippen molar-refractivity contribution >= 4 is 21.6 Å². The minimum absolute atomic E-state index is 0.0138. The van der Waals surface area contributed by atoms with Crippen molar-refractivity contribution in [3.8, 4) is 17.2 Å². The Kier molecular flexibility index (Phi) is 7.75. The summed E-state index contributed by atoms with van der Waals surface area (Å²) < 4.78 is 45.2. The number of carbonyl (C=O) groups excluding carboxylic acids is 1. The first kappa shape index (κ1) is 25.8. The van der Waals surface area contributed by atoms with Gasteiger partial charge < -0.3 is 24.0 Å². The van der Waals surface area contributed by atoms with Gasteiger partial charge in [0.25, 0.3) is 0 Å². The Balaban J connectivity index is 1.57. The van der Waals surface area contributed by atoms with Crippen molar-refractivity contribution in [2.75, 3.05) is 59.0 Å². The zero-order chi connectivity index (χ0) is 25.9. The standard InChI is InChI=1S/C26H33N3O6S/c1-5-6-26(30)28-13-11-27(12-14-28)22-17-21(7-8-23(22)33-2)36(31,32)29-10-9-19-15-24(34-3)25(35-4)16-20(19)18-29/h5-8,15-17H,9-14,18H2,1-4H3/b6-5+. The van der Waals surface area contributed by atoms with E-state index >= 15 is 0 Å². The van der Waals surface area contributed by atoms with Gasteiger partial charge in [0, 0.05) is 39.3 Å². The molecule has 2 aliphatic rings. The largest absolute Gasteiger partial charge is 0.495 e. The van der Waals surface area contributed by atoms with Gasteiger partial charge in [-0.15, -0.1) is 0 Å². The molecule has 9 nitrogen and oxygen atoms in total. The van der Waals surface area contributed by atoms with E-state index in [2.05, 4.69) is 4.90 Å². The van der Waals surface area contributed by atoms with Crippen LogP contribution in [-0.2, 0) is 27.8 Å². The summed E-state index contributed by atoms with van der Waals surface area (Å²) in [7, 11) is 0.974. The van der Waals surface area contributed by atoms with Gasteiger partial charge in [0.2, 0.25) is 15.9 Å². The van der Waals surface area contributed by atoms with Crippen molar-refractivity contribution < 1.29 is 27.4 Å². The maximum atomic E-state index is 13.7. The number of hydrogen-bond donors (Lipinski definition) is 0. The average Bonchev–Trinajstić information content (AvgIpc) is 2.91. The molecule has 0 spiro atoms. The number of nitrogens with zero attached hydrogens (tertiary/aromatic N) is 3. The number of methoxy groups -OCH3 is 3. The van der Waals surface area contributed by atoms with Crippen LogP contribution in [0.25, 0.3) is 0 Å². The predicted molar refractivity (Wildman–Crippen MR) is 137 cm³/mol. The molecule has 0 bridgehead atoms. The second kappa shape index (κ2) is 10.8. The molecule has 1 fully saturated rings. The van der Waals surface area contributed by atoms with Crippen LogP contribution in [0.2, 0.25) is 0 Å². The quantitative estimate of drug-likeness (QED) is 0.524. The van der Waals surface area contributed by atoms with Crippen LogP contribution in [0.5, 0.6) is 17.2 Å². The molecule has 0 aliphatic carbocycles. The van der Waals surface area contributed by atoms with E-state index in [9.17, 15) is 13.2 Å². The topological polar surface area (TPSA) is 88.6 Å². The number of carbonyl (C=O) groups is 1. The SMILES string of the molecule is C/C=C/C(=O)N1CCN(c2cc(S(=O)(=O)N3CCc4cc(OC)c(OC)cc4C3)ccc2OC)CC1. The number of benzene rings is 2. The van der Waals surface area contributed by atoms with E-state index in [-0.39, 0.29) is 17.3 Å². The second-order valence-electron chi connectivity index (χ2n) is 8.71. The fourth-order valence-electron chi connectivity index (χ4n) is 4.70. The summed E-state index contributed by atoms with van der Waals surface area (Å²) in [6.07, 6.45) is 3.88. The van der Waals surface area contributed by atoms with Gasteiger partial charge in [0.15, 0.2) is 11.5 Å². The van der Waals surface area contributed by atoms with Gasteiger partial charge in [-0.25, -0.2) is 8.42 Å². The van der Waals surface area contributed by atoms with Gasteiger partial charge in [0.1, 0.15) is 5.75 Å². The van der Waals surface area contributed by atoms with E-state index in [0.717, 1.165) is 11.1 Å². The number of ether oxygens (including phenoxy) is 3. The number of piperazine rings is 1. The number of allylic oxidation sites excluding steroid dienone is 1. The van der Waals surface area contributed by atoms with Crippen LogP contribution in [-0.4, -0.2) is 77.6 Å². The van der Waals surface area contributed by atoms with Gasteiger partial charge in [-0.05, 0) is 60.9 Å². The summed E-state index contributed by atoms with van der Waals surface area (Å²) in [5, 5.41) is 0. The molecule has 2 aromatic carbocycles. The van der Waals surface area contributed by atoms with Crippen LogP contribution < -0.4 is 19.1 Å². The van der Waals surface area contributed by atoms with Gasteiger partial charge in [-0.1, -0.05) is 6.08 Å². The number of anilines is 1. The van der Waals surface area contributed by atoms with Crippen LogP contribution in [0.4, 0.5) is 5.69 Å². The Morgan fingerprint density at radius 1 is 0.861 bits per heavy atom. The van der Waals surface area contributed by atoms with Crippen LogP contribution >= 0.6 is 0 Å². The molecule has 194 valence electrons. The molecular formula is C26H33N3O6S. The lowest BCUT2D eigenvalue weighted by Gasteiger charge is -2.36. The minimum Gasteiger partial charge on any atom is -0.495 e. The summed E-state index contributed by atoms with van der Waals surface area (Å²) >= 11 is 0. The fourth-order valence-corrected chi connectivity index (χ4v) is 6.14. The summed E-state index contributed by atoms with van der Waals surface area (Å²) in [4.78, 5) is 16.3. The minimum atomic E-state index is -3.75. The predicted octanol–water partition coefficient (Wildman–Crippen LogP) is 2.68. The van der Waals surface area contributed by atoms with E-state index in [4.69, 9.17) is 14.2 Å². The Morgan fingerprint density at radius 2 is 1.50 bits per heavy atom. The normalized spacial score (nSPS) is 16.7. The van der Waals surface area contributed by atoms with Crippen LogP contribution in [0.1, 0.15) is 18.1 Å². The molecule has 1 saturated heterocycles. The maximum Gasteiger partial charge on any atom is 0.246 e. The zero-order valence-corrected chi connectivity index (χ0v) is 22.0. The zero-order valence-electron chi connectivity index (χ0n) is 21.2. The van der Waals surface area contributed by atoms with Crippen molar-refractivity contribution in [1.82, 2.24) is 9.21 Å². The van der Waals surface area contributed by atoms with Crippen molar-refractivity contribution in [2.24, 2.45) is 0 Å². The first-order valence-corrected chi connectivity index (χ1v) is 13.3. The lowest BCUT2D eigenvalue weighted by atomic mass is 10.0. The summed E-state index contributed by atoms with van der Waals surface area (Å²) in [6, 6.07) is 8.74. The second-order valence-corrected chi connectivity index (χ2v) is 10.6.